The average Bonchev–Trinajstić information content (AvgIpc) is 1.73. The minimum absolute atomic E-state index is 0. The van der Waals surface area contributed by atoms with E-state index in [-0.39, 0.29) is 54.4 Å². The normalized spacial score (nSPS) is 10.5. The summed E-state index contributed by atoms with van der Waals surface area (Å²) in [5.41, 5.74) is 17.5. The first-order valence-electron chi connectivity index (χ1n) is 34.2. The van der Waals surface area contributed by atoms with Crippen LogP contribution in [0.15, 0.2) is 238 Å². The molecule has 568 valence electrons. The zero-order valence-corrected chi connectivity index (χ0v) is 65.3. The number of rotatable bonds is 12. The molecule has 0 saturated heterocycles. The molecule has 8 aromatic heterocycles. The summed E-state index contributed by atoms with van der Waals surface area (Å²) in [6.07, 6.45) is 9.19. The molecule has 0 fully saturated rings. The van der Waals surface area contributed by atoms with Gasteiger partial charge in [0, 0.05) is 165 Å². The predicted octanol–water partition coefficient (Wildman–Crippen LogP) is 14.9. The topological polar surface area (TPSA) is 333 Å². The van der Waals surface area contributed by atoms with Gasteiger partial charge >= 0.3 is 23.3 Å². The van der Waals surface area contributed by atoms with E-state index >= 15 is 0 Å². The minimum Gasteiger partial charge on any atom is -0.403 e. The third-order valence-corrected chi connectivity index (χ3v) is 16.9. The van der Waals surface area contributed by atoms with E-state index in [1.807, 2.05) is 168 Å². The number of imidazole rings is 1. The molecule has 0 aliphatic rings. The van der Waals surface area contributed by atoms with E-state index in [2.05, 4.69) is 108 Å². The van der Waals surface area contributed by atoms with Gasteiger partial charge in [-0.2, -0.15) is 0 Å². The Hall–Kier alpha value is -12.3. The second kappa shape index (κ2) is 39.6. The summed E-state index contributed by atoms with van der Waals surface area (Å²) in [7, 11) is 19.3. The fraction of sp³-hybridized carbons (Fsp3) is 0.138. The lowest BCUT2D eigenvalue weighted by Crippen LogP contribution is -2.33. The maximum atomic E-state index is 13.2. The molecule has 0 aliphatic carbocycles. The molecule has 33 heteroatoms. The second-order valence-corrected chi connectivity index (χ2v) is 31.9. The minimum atomic E-state index is -3.22. The molecule has 0 aliphatic heterocycles. The van der Waals surface area contributed by atoms with Crippen molar-refractivity contribution in [3.63, 3.8) is 0 Å². The third-order valence-electron chi connectivity index (χ3n) is 16.9. The standard InChI is InChI=1S/C26H24N4O3.C25H21N5O2.C21H19N5O2.C7H8N2O.CH4.B4.Cl3OP/c1-16-9-10-20(29-26(33)28-15-24(31)18-7-5-4-6-8-18)13-21(16)22-12-19-14-27-17(2)11-23(19)30(3)25(22)32;1-15-9-10-19(27-25-29-28-23(32-25)17-7-5-4-6-8-17)13-20(15)21-12-18-14-26-16(2)11-22(18)30(3)24(21)31;1-13-4-5-16(24-21(28)26-7-6-22-12-26)10-17(13)18-9-15-11-23-14(2)8-19(15)25(3)20(18)27;8-9-7(10)6-4-2-1-3-5-6;;1-4(2)3;1-5(2,3)4/h4-14H,15H2,1-3H3,(H2,28,29,33);4-14H,1-3H3,(H,27,29);4-12H,1-3H3,(H,24,28);1-5H,8H2,(H,9,10);1H4;;. The number of fused-ring (bicyclic) bond motifs is 3. The number of benzene rings is 6. The quantitative estimate of drug-likeness (QED) is 0.0165. The SMILES string of the molecule is C.Cc1cc2c(cn1)cc(-c1cc(NC(=O)NCC(=O)c3ccccc3)ccc1C)c(=O)n2C.Cc1cc2c(cn1)cc(-c1cc(NC(=O)n3ccnc3)ccc1C)c(=O)n2C.Cc1cc2c(cn1)cc(-c1cc(Nc3nnc(-c4ccccc4)o3)ccc1C)c(=O)n2C.NNC(=O)c1ccccc1.O=P(Cl)(Cl)Cl.[B]B([B])[B]. The maximum Gasteiger partial charge on any atom is 0.339 e. The lowest BCUT2D eigenvalue weighted by atomic mass is 9.08. The molecule has 0 unspecified atom stereocenters. The van der Waals surface area contributed by atoms with E-state index < -0.39 is 17.6 Å². The number of nitrogen functional groups attached to an aromatic ring is 1. The van der Waals surface area contributed by atoms with Crippen molar-refractivity contribution in [2.24, 2.45) is 27.0 Å². The first-order valence-corrected chi connectivity index (χ1v) is 38.6. The van der Waals surface area contributed by atoms with Crippen LogP contribution < -0.4 is 49.2 Å². The van der Waals surface area contributed by atoms with Crippen molar-refractivity contribution in [1.29, 1.82) is 0 Å². The maximum absolute atomic E-state index is 13.2. The number of aryl methyl sites for hydroxylation is 9. The molecule has 6 radical (unpaired) electrons. The van der Waals surface area contributed by atoms with Crippen LogP contribution in [0.2, 0.25) is 0 Å². The van der Waals surface area contributed by atoms with E-state index in [0.717, 1.165) is 94.4 Å². The van der Waals surface area contributed by atoms with Gasteiger partial charge in [0.2, 0.25) is 5.89 Å². The predicted molar refractivity (Wildman–Crippen MR) is 456 cm³/mol. The summed E-state index contributed by atoms with van der Waals surface area (Å²) in [6, 6.07) is 54.6. The highest BCUT2D eigenvalue weighted by Crippen LogP contribution is 2.61. The number of hydrogen-bond donors (Lipinski definition) is 6. The van der Waals surface area contributed by atoms with E-state index in [9.17, 15) is 38.1 Å². The number of nitrogens with zero attached hydrogens (tertiary/aromatic N) is 10. The van der Waals surface area contributed by atoms with Crippen LogP contribution in [0.25, 0.3) is 77.5 Å². The number of nitrogens with two attached hydrogens (primary N) is 1. The Bertz CT molecular complexity index is 5990. The van der Waals surface area contributed by atoms with Crippen LogP contribution in [-0.4, -0.2) is 108 Å². The number of hydrazine groups is 1. The summed E-state index contributed by atoms with van der Waals surface area (Å²) in [4.78, 5) is 104. The van der Waals surface area contributed by atoms with Crippen LogP contribution in [-0.2, 0) is 25.7 Å². The number of pyridine rings is 6. The van der Waals surface area contributed by atoms with Crippen molar-refractivity contribution >= 4 is 148 Å². The molecule has 8 heterocycles. The molecule has 0 bridgehead atoms. The van der Waals surface area contributed by atoms with Gasteiger partial charge in [-0.1, -0.05) is 97.5 Å². The number of carbonyl (C=O) groups is 4. The second-order valence-electron chi connectivity index (χ2n) is 25.2. The number of Topliss-reactive ketones (excluding diaryl/α,β-unsaturated/α-hetero) is 1. The first-order chi connectivity index (χ1) is 53.3. The monoisotopic (exact) mass is 1580 g/mol. The van der Waals surface area contributed by atoms with E-state index in [4.69, 9.17) is 10.3 Å². The van der Waals surface area contributed by atoms with Crippen molar-refractivity contribution in [3.05, 3.63) is 295 Å². The van der Waals surface area contributed by atoms with Crippen molar-refractivity contribution in [2.75, 3.05) is 22.5 Å². The van der Waals surface area contributed by atoms with Gasteiger partial charge in [-0.25, -0.2) is 20.4 Å². The average molecular weight is 1590 g/mol. The molecular weight excluding hydrogens is 1510 g/mol. The van der Waals surface area contributed by atoms with E-state index in [1.54, 1.807) is 120 Å². The van der Waals surface area contributed by atoms with Gasteiger partial charge in [-0.05, 0) is 206 Å². The summed E-state index contributed by atoms with van der Waals surface area (Å²) in [5.74, 6) is 4.90. The van der Waals surface area contributed by atoms with Crippen LogP contribution in [0.3, 0.4) is 0 Å². The van der Waals surface area contributed by atoms with Gasteiger partial charge in [0.1, 0.15) is 6.33 Å². The van der Waals surface area contributed by atoms with Crippen LogP contribution in [0.5, 0.6) is 0 Å². The van der Waals surface area contributed by atoms with Gasteiger partial charge in [0.05, 0.1) is 23.1 Å². The Balaban J connectivity index is 0.000000189. The molecule has 113 heavy (non-hydrogen) atoms. The Morgan fingerprint density at radius 2 is 0.912 bits per heavy atom. The molecule has 14 aromatic rings. The molecule has 4 amide bonds. The van der Waals surface area contributed by atoms with Gasteiger partial charge in [-0.3, -0.25) is 53.5 Å². The number of carbonyl (C=O) groups excluding carboxylic acids is 4. The number of halogens is 3. The van der Waals surface area contributed by atoms with E-state index in [0.29, 0.717) is 45.1 Å². The zero-order chi connectivity index (χ0) is 81.1. The number of hydrogen-bond acceptors (Lipinski definition) is 17. The number of ketones is 1. The largest absolute Gasteiger partial charge is 0.403 e. The Kier molecular flexibility index (Phi) is 30.3. The number of urea groups is 1. The Morgan fingerprint density at radius 1 is 0.522 bits per heavy atom. The van der Waals surface area contributed by atoms with Crippen molar-refractivity contribution < 1.29 is 28.2 Å². The number of aromatic nitrogens is 10. The third kappa shape index (κ3) is 23.7. The zero-order valence-electron chi connectivity index (χ0n) is 62.1. The van der Waals surface area contributed by atoms with Crippen molar-refractivity contribution in [1.82, 2.24) is 59.1 Å². The highest BCUT2D eigenvalue weighted by Gasteiger charge is 2.19. The van der Waals surface area contributed by atoms with Crippen LogP contribution in [0.1, 0.15) is 61.9 Å². The number of nitrogens with one attached hydrogen (secondary N) is 5. The highest BCUT2D eigenvalue weighted by molar-refractivity contribution is 8.24. The van der Waals surface area contributed by atoms with E-state index in [1.165, 1.54) is 17.1 Å². The lowest BCUT2D eigenvalue weighted by molar-refractivity contribution is 0.0952. The van der Waals surface area contributed by atoms with Crippen LogP contribution >= 0.6 is 38.9 Å². The van der Waals surface area contributed by atoms with Gasteiger partial charge < -0.3 is 39.4 Å². The summed E-state index contributed by atoms with van der Waals surface area (Å²) >= 11 is 13.8. The van der Waals surface area contributed by atoms with Crippen LogP contribution in [0.4, 0.5) is 32.7 Å². The fourth-order valence-corrected chi connectivity index (χ4v) is 11.3. The lowest BCUT2D eigenvalue weighted by Gasteiger charge is -2.13. The summed E-state index contributed by atoms with van der Waals surface area (Å²) in [6.45, 7) is 11.4. The molecule has 25 nitrogen and oxygen atoms in total. The smallest absolute Gasteiger partial charge is 0.339 e. The molecular formula is C80H76B4Cl3N16O9P. The van der Waals surface area contributed by atoms with Crippen molar-refractivity contribution in [2.45, 2.75) is 49.0 Å². The van der Waals surface area contributed by atoms with Gasteiger partial charge in [0.15, 0.2) is 5.78 Å². The Labute approximate surface area is 669 Å². The first kappa shape index (κ1) is 86.3. The molecule has 14 rings (SSSR count). The molecule has 7 N–H and O–H groups in total. The summed E-state index contributed by atoms with van der Waals surface area (Å²) < 4.78 is 21.5. The fourth-order valence-electron chi connectivity index (χ4n) is 11.3. The molecule has 0 atom stereocenters. The molecule has 6 aromatic carbocycles. The van der Waals surface area contributed by atoms with Gasteiger partial charge in [-0.15, -0.1) is 5.10 Å². The van der Waals surface area contributed by atoms with Crippen molar-refractivity contribution in [3.8, 4) is 44.8 Å². The summed E-state index contributed by atoms with van der Waals surface area (Å²) in [5, 5.41) is 18.9. The highest BCUT2D eigenvalue weighted by atomic mass is 36.0. The molecule has 0 spiro atoms. The number of anilines is 4. The Morgan fingerprint density at radius 3 is 1.32 bits per heavy atom. The van der Waals surface area contributed by atoms with Crippen LogP contribution in [0, 0.1) is 41.5 Å². The number of amides is 4. The van der Waals surface area contributed by atoms with Gasteiger partial charge in [0.25, 0.3) is 22.6 Å². The molecule has 0 saturated carbocycles.